The van der Waals surface area contributed by atoms with Gasteiger partial charge in [0.2, 0.25) is 0 Å². The fraction of sp³-hybridized carbons (Fsp3) is 1.00. The Balaban J connectivity index is 3.46. The molecule has 0 aromatic heterocycles. The van der Waals surface area contributed by atoms with Crippen molar-refractivity contribution >= 4 is 0 Å². The summed E-state index contributed by atoms with van der Waals surface area (Å²) in [7, 11) is 0. The molecule has 218 valence electrons. The lowest BCUT2D eigenvalue weighted by Gasteiger charge is -2.18. The predicted octanol–water partition coefficient (Wildman–Crippen LogP) is 8.38. The molecule has 0 aliphatic heterocycles. The standard InChI is InChI=1S/C31H64O5/c1-5-9-13-19-31(20-14-10-6-2)36-29-28-35-27-26-34-25-24-33-23-22-32-21-15-18-30(16-11-7-3)17-12-8-4/h30-31H,5-29H2,1-4H3. The first kappa shape index (κ1) is 35.8. The molecule has 0 atom stereocenters. The van der Waals surface area contributed by atoms with Crippen LogP contribution < -0.4 is 0 Å². The largest absolute Gasteiger partial charge is 0.379 e. The van der Waals surface area contributed by atoms with Gasteiger partial charge in [0, 0.05) is 6.61 Å². The second-order valence-corrected chi connectivity index (χ2v) is 10.2. The van der Waals surface area contributed by atoms with Crippen LogP contribution in [-0.4, -0.2) is 65.6 Å². The molecule has 0 radical (unpaired) electrons. The quantitative estimate of drug-likeness (QED) is 0.0866. The van der Waals surface area contributed by atoms with Gasteiger partial charge >= 0.3 is 0 Å². The highest BCUT2D eigenvalue weighted by Gasteiger charge is 2.09. The van der Waals surface area contributed by atoms with Crippen molar-refractivity contribution in [3.8, 4) is 0 Å². The molecule has 5 nitrogen and oxygen atoms in total. The van der Waals surface area contributed by atoms with E-state index in [-0.39, 0.29) is 0 Å². The van der Waals surface area contributed by atoms with Crippen LogP contribution in [0.25, 0.3) is 0 Å². The Hall–Kier alpha value is -0.200. The van der Waals surface area contributed by atoms with Gasteiger partial charge in [-0.2, -0.15) is 0 Å². The summed E-state index contributed by atoms with van der Waals surface area (Å²) in [4.78, 5) is 0. The van der Waals surface area contributed by atoms with Gasteiger partial charge in [0.1, 0.15) is 0 Å². The molecule has 0 fully saturated rings. The van der Waals surface area contributed by atoms with E-state index in [2.05, 4.69) is 27.7 Å². The van der Waals surface area contributed by atoms with Crippen molar-refractivity contribution in [2.45, 2.75) is 137 Å². The lowest BCUT2D eigenvalue weighted by molar-refractivity contribution is -0.0266. The van der Waals surface area contributed by atoms with Crippen LogP contribution in [0.1, 0.15) is 130 Å². The molecule has 5 heteroatoms. The van der Waals surface area contributed by atoms with Crippen molar-refractivity contribution in [1.29, 1.82) is 0 Å². The summed E-state index contributed by atoms with van der Waals surface area (Å²) in [6.07, 6.45) is 21.0. The minimum absolute atomic E-state index is 0.401. The minimum Gasteiger partial charge on any atom is -0.379 e. The summed E-state index contributed by atoms with van der Waals surface area (Å²) < 4.78 is 28.7. The van der Waals surface area contributed by atoms with E-state index in [1.807, 2.05) is 0 Å². The third kappa shape index (κ3) is 26.9. The molecule has 36 heavy (non-hydrogen) atoms. The second-order valence-electron chi connectivity index (χ2n) is 10.2. The van der Waals surface area contributed by atoms with Gasteiger partial charge in [-0.15, -0.1) is 0 Å². The first-order chi connectivity index (χ1) is 17.8. The number of rotatable bonds is 31. The highest BCUT2D eigenvalue weighted by molar-refractivity contribution is 4.61. The molecule has 0 heterocycles. The van der Waals surface area contributed by atoms with Crippen LogP contribution in [0.15, 0.2) is 0 Å². The Morgan fingerprint density at radius 3 is 1.19 bits per heavy atom. The van der Waals surface area contributed by atoms with Gasteiger partial charge in [-0.25, -0.2) is 0 Å². The van der Waals surface area contributed by atoms with Crippen LogP contribution >= 0.6 is 0 Å². The van der Waals surface area contributed by atoms with Crippen LogP contribution in [0, 0.1) is 5.92 Å². The van der Waals surface area contributed by atoms with Crippen molar-refractivity contribution in [3.63, 3.8) is 0 Å². The van der Waals surface area contributed by atoms with Gasteiger partial charge in [-0.05, 0) is 31.6 Å². The lowest BCUT2D eigenvalue weighted by Crippen LogP contribution is -2.18. The average Bonchev–Trinajstić information content (AvgIpc) is 2.89. The van der Waals surface area contributed by atoms with E-state index < -0.39 is 0 Å². The molecule has 0 amide bonds. The van der Waals surface area contributed by atoms with Gasteiger partial charge in [-0.3, -0.25) is 0 Å². The zero-order chi connectivity index (χ0) is 26.4. The van der Waals surface area contributed by atoms with Crippen molar-refractivity contribution in [1.82, 2.24) is 0 Å². The maximum Gasteiger partial charge on any atom is 0.0704 e. The van der Waals surface area contributed by atoms with E-state index in [1.54, 1.807) is 0 Å². The molecule has 0 saturated heterocycles. The third-order valence-corrected chi connectivity index (χ3v) is 6.79. The van der Waals surface area contributed by atoms with E-state index in [9.17, 15) is 0 Å². The van der Waals surface area contributed by atoms with E-state index >= 15 is 0 Å². The van der Waals surface area contributed by atoms with Gasteiger partial charge in [0.15, 0.2) is 0 Å². The first-order valence-corrected chi connectivity index (χ1v) is 15.7. The van der Waals surface area contributed by atoms with Gasteiger partial charge in [-0.1, -0.05) is 105 Å². The fourth-order valence-corrected chi connectivity index (χ4v) is 4.48. The Labute approximate surface area is 225 Å². The molecule has 0 rings (SSSR count). The highest BCUT2D eigenvalue weighted by atomic mass is 16.6. The Kier molecular flexibility index (Phi) is 30.8. The third-order valence-electron chi connectivity index (χ3n) is 6.79. The number of unbranched alkanes of at least 4 members (excludes halogenated alkanes) is 6. The molecule has 0 aliphatic rings. The van der Waals surface area contributed by atoms with Crippen LogP contribution in [0.5, 0.6) is 0 Å². The monoisotopic (exact) mass is 516 g/mol. The SMILES string of the molecule is CCCCCC(CCCCC)OCCOCCOCCOCCOCCCC(CCCC)CCCC. The normalized spacial score (nSPS) is 11.8. The zero-order valence-electron chi connectivity index (χ0n) is 24.9. The maximum atomic E-state index is 6.09. The molecule has 0 unspecified atom stereocenters. The summed E-state index contributed by atoms with van der Waals surface area (Å²) in [6.45, 7) is 15.0. The second kappa shape index (κ2) is 31.0. The van der Waals surface area contributed by atoms with Gasteiger partial charge in [0.05, 0.1) is 59.0 Å². The van der Waals surface area contributed by atoms with E-state index in [0.717, 1.165) is 12.5 Å². The molecule has 0 aromatic carbocycles. The van der Waals surface area contributed by atoms with Crippen LogP contribution in [0.3, 0.4) is 0 Å². The minimum atomic E-state index is 0.401. The topological polar surface area (TPSA) is 46.2 Å². The molecule has 0 spiro atoms. The molecule has 0 saturated carbocycles. The van der Waals surface area contributed by atoms with Gasteiger partial charge < -0.3 is 23.7 Å². The smallest absolute Gasteiger partial charge is 0.0704 e. The Morgan fingerprint density at radius 1 is 0.361 bits per heavy atom. The van der Waals surface area contributed by atoms with E-state index in [4.69, 9.17) is 23.7 Å². The fourth-order valence-electron chi connectivity index (χ4n) is 4.48. The zero-order valence-corrected chi connectivity index (χ0v) is 24.9. The van der Waals surface area contributed by atoms with Crippen molar-refractivity contribution in [2.75, 3.05) is 59.5 Å². The molecule has 0 bridgehead atoms. The van der Waals surface area contributed by atoms with Crippen LogP contribution in [-0.2, 0) is 23.7 Å². The summed E-state index contributed by atoms with van der Waals surface area (Å²) in [5.74, 6) is 0.890. The average molecular weight is 517 g/mol. The maximum absolute atomic E-state index is 6.09. The first-order valence-electron chi connectivity index (χ1n) is 15.7. The Morgan fingerprint density at radius 2 is 0.750 bits per heavy atom. The molecular formula is C31H64O5. The highest BCUT2D eigenvalue weighted by Crippen LogP contribution is 2.21. The summed E-state index contributed by atoms with van der Waals surface area (Å²) >= 11 is 0. The van der Waals surface area contributed by atoms with Crippen molar-refractivity contribution < 1.29 is 23.7 Å². The van der Waals surface area contributed by atoms with E-state index in [0.29, 0.717) is 59.0 Å². The van der Waals surface area contributed by atoms with Crippen LogP contribution in [0.2, 0.25) is 0 Å². The van der Waals surface area contributed by atoms with Gasteiger partial charge in [0.25, 0.3) is 0 Å². The number of ether oxygens (including phenoxy) is 5. The lowest BCUT2D eigenvalue weighted by atomic mass is 9.92. The Bertz CT molecular complexity index is 375. The molecular weight excluding hydrogens is 452 g/mol. The summed E-state index contributed by atoms with van der Waals surface area (Å²) in [5, 5.41) is 0. The predicted molar refractivity (Wildman–Crippen MR) is 153 cm³/mol. The van der Waals surface area contributed by atoms with Crippen molar-refractivity contribution in [2.24, 2.45) is 5.92 Å². The molecule has 0 aromatic rings. The van der Waals surface area contributed by atoms with Crippen LogP contribution in [0.4, 0.5) is 0 Å². The summed E-state index contributed by atoms with van der Waals surface area (Å²) in [5.41, 5.74) is 0. The van der Waals surface area contributed by atoms with Crippen molar-refractivity contribution in [3.05, 3.63) is 0 Å². The number of hydrogen-bond acceptors (Lipinski definition) is 5. The van der Waals surface area contributed by atoms with E-state index in [1.165, 1.54) is 103 Å². The molecule has 0 aliphatic carbocycles. The number of hydrogen-bond donors (Lipinski definition) is 0. The summed E-state index contributed by atoms with van der Waals surface area (Å²) in [6, 6.07) is 0. The molecule has 0 N–H and O–H groups in total.